The third kappa shape index (κ3) is 4.48. The molecule has 0 saturated carbocycles. The normalized spacial score (nSPS) is 11.1. The summed E-state index contributed by atoms with van der Waals surface area (Å²) in [5.74, 6) is 1.75. The highest BCUT2D eigenvalue weighted by Gasteiger charge is 2.22. The van der Waals surface area contributed by atoms with Crippen molar-refractivity contribution in [3.05, 3.63) is 81.6 Å². The number of nitro groups is 1. The summed E-state index contributed by atoms with van der Waals surface area (Å²) in [5, 5.41) is 22.8. The summed E-state index contributed by atoms with van der Waals surface area (Å²) in [7, 11) is 1.51. The van der Waals surface area contributed by atoms with Gasteiger partial charge in [0.25, 0.3) is 5.89 Å². The predicted octanol–water partition coefficient (Wildman–Crippen LogP) is 4.70. The molecule has 10 heteroatoms. The van der Waals surface area contributed by atoms with Crippen LogP contribution in [0.5, 0.6) is 11.5 Å². The van der Waals surface area contributed by atoms with Gasteiger partial charge in [0.05, 0.1) is 12.0 Å². The van der Waals surface area contributed by atoms with Crippen LogP contribution in [0.1, 0.15) is 22.9 Å². The summed E-state index contributed by atoms with van der Waals surface area (Å²) in [6, 6.07) is 14.6. The van der Waals surface area contributed by atoms with Crippen molar-refractivity contribution < 1.29 is 23.3 Å². The summed E-state index contributed by atoms with van der Waals surface area (Å²) >= 11 is 0. The first-order chi connectivity index (χ1) is 15.5. The smallest absolute Gasteiger partial charge is 0.338 e. The molecule has 0 N–H and O–H groups in total. The van der Waals surface area contributed by atoms with Crippen LogP contribution in [-0.2, 0) is 6.61 Å². The first kappa shape index (κ1) is 20.8. The van der Waals surface area contributed by atoms with Crippen molar-refractivity contribution in [3.8, 4) is 23.0 Å². The van der Waals surface area contributed by atoms with Gasteiger partial charge < -0.3 is 18.4 Å². The quantitative estimate of drug-likeness (QED) is 0.286. The Labute approximate surface area is 182 Å². The second-order valence-corrected chi connectivity index (χ2v) is 6.64. The summed E-state index contributed by atoms with van der Waals surface area (Å²) in [6.07, 6.45) is 3.14. The van der Waals surface area contributed by atoms with E-state index < -0.39 is 4.92 Å². The van der Waals surface area contributed by atoms with Crippen LogP contribution >= 0.6 is 0 Å². The van der Waals surface area contributed by atoms with Gasteiger partial charge >= 0.3 is 5.69 Å². The monoisotopic (exact) mass is 434 g/mol. The van der Waals surface area contributed by atoms with Crippen molar-refractivity contribution in [2.45, 2.75) is 13.5 Å². The Morgan fingerprint density at radius 1 is 1.09 bits per heavy atom. The van der Waals surface area contributed by atoms with Crippen molar-refractivity contribution in [1.29, 1.82) is 0 Å². The molecule has 0 saturated heterocycles. The van der Waals surface area contributed by atoms with E-state index in [2.05, 4.69) is 15.4 Å². The van der Waals surface area contributed by atoms with Crippen LogP contribution in [0, 0.1) is 17.0 Å². The summed E-state index contributed by atoms with van der Waals surface area (Å²) in [4.78, 5) is 10.6. The number of hydrogen-bond donors (Lipinski definition) is 0. The largest absolute Gasteiger partial charge is 0.493 e. The fourth-order valence-electron chi connectivity index (χ4n) is 2.94. The van der Waals surface area contributed by atoms with Crippen molar-refractivity contribution in [3.63, 3.8) is 0 Å². The second kappa shape index (κ2) is 9.13. The predicted molar refractivity (Wildman–Crippen MR) is 114 cm³/mol. The highest BCUT2D eigenvalue weighted by Crippen LogP contribution is 2.31. The van der Waals surface area contributed by atoms with Gasteiger partial charge in [-0.25, -0.2) is 0 Å². The fraction of sp³-hybridized carbons (Fsp3) is 0.136. The van der Waals surface area contributed by atoms with E-state index in [9.17, 15) is 10.1 Å². The molecule has 0 spiro atoms. The Bertz CT molecular complexity index is 1260. The Balaban J connectivity index is 1.46. The Morgan fingerprint density at radius 2 is 1.91 bits per heavy atom. The maximum Gasteiger partial charge on any atom is 0.338 e. The number of rotatable bonds is 8. The van der Waals surface area contributed by atoms with Gasteiger partial charge in [-0.15, -0.1) is 10.2 Å². The van der Waals surface area contributed by atoms with Crippen LogP contribution in [0.25, 0.3) is 23.6 Å². The lowest BCUT2D eigenvalue weighted by atomic mass is 10.1. The zero-order valence-corrected chi connectivity index (χ0v) is 17.2. The molecule has 32 heavy (non-hydrogen) atoms. The SMILES string of the molecule is COc1cc(/C=C/c2onc(C)c2[N+](=O)[O-])ccc1OCc1nnc(-c2ccccc2)o1. The lowest BCUT2D eigenvalue weighted by Crippen LogP contribution is -1.98. The van der Waals surface area contributed by atoms with E-state index in [1.807, 2.05) is 30.3 Å². The van der Waals surface area contributed by atoms with Crippen molar-refractivity contribution in [2.75, 3.05) is 7.11 Å². The molecule has 4 rings (SSSR count). The van der Waals surface area contributed by atoms with E-state index in [4.69, 9.17) is 18.4 Å². The van der Waals surface area contributed by atoms with E-state index in [1.165, 1.54) is 20.1 Å². The number of benzene rings is 2. The third-order valence-electron chi connectivity index (χ3n) is 4.49. The minimum Gasteiger partial charge on any atom is -0.493 e. The number of ether oxygens (including phenoxy) is 2. The highest BCUT2D eigenvalue weighted by molar-refractivity contribution is 5.72. The number of aromatic nitrogens is 3. The van der Waals surface area contributed by atoms with Gasteiger partial charge in [0.15, 0.2) is 23.8 Å². The second-order valence-electron chi connectivity index (χ2n) is 6.64. The van der Waals surface area contributed by atoms with Gasteiger partial charge in [0.1, 0.15) is 0 Å². The van der Waals surface area contributed by atoms with Crippen LogP contribution in [-0.4, -0.2) is 27.4 Å². The molecule has 0 unspecified atom stereocenters. The average molecular weight is 434 g/mol. The van der Waals surface area contributed by atoms with Gasteiger partial charge in [-0.05, 0) is 42.8 Å². The van der Waals surface area contributed by atoms with Gasteiger partial charge in [0, 0.05) is 5.56 Å². The summed E-state index contributed by atoms with van der Waals surface area (Å²) in [6.45, 7) is 1.58. The first-order valence-corrected chi connectivity index (χ1v) is 9.52. The molecule has 0 amide bonds. The maximum absolute atomic E-state index is 11.1. The van der Waals surface area contributed by atoms with Gasteiger partial charge in [-0.2, -0.15) is 0 Å². The summed E-state index contributed by atoms with van der Waals surface area (Å²) < 4.78 is 21.8. The third-order valence-corrected chi connectivity index (χ3v) is 4.49. The number of hydrogen-bond acceptors (Lipinski definition) is 9. The average Bonchev–Trinajstić information content (AvgIpc) is 3.43. The minimum atomic E-state index is -0.524. The standard InChI is InChI=1S/C22H18N4O6/c1-14-21(26(27)28)18(32-25-14)11-9-15-8-10-17(19(12-15)29-2)30-13-20-23-24-22(31-20)16-6-4-3-5-7-16/h3-12H,13H2,1-2H3/b11-9+. The topological polar surface area (TPSA) is 127 Å². The van der Waals surface area contributed by atoms with E-state index in [1.54, 1.807) is 24.3 Å². The molecule has 0 aliphatic heterocycles. The number of aryl methyl sites for hydroxylation is 1. The molecule has 2 heterocycles. The first-order valence-electron chi connectivity index (χ1n) is 9.52. The minimum absolute atomic E-state index is 0.0644. The molecule has 0 bridgehead atoms. The van der Waals surface area contributed by atoms with Crippen molar-refractivity contribution in [2.24, 2.45) is 0 Å². The molecule has 162 valence electrons. The Kier molecular flexibility index (Phi) is 5.93. The van der Waals surface area contributed by atoms with Gasteiger partial charge in [-0.1, -0.05) is 35.5 Å². The Hall–Kier alpha value is -4.47. The highest BCUT2D eigenvalue weighted by atomic mass is 16.6. The molecule has 10 nitrogen and oxygen atoms in total. The van der Waals surface area contributed by atoms with E-state index in [0.717, 1.165) is 11.1 Å². The molecule has 0 fully saturated rings. The lowest BCUT2D eigenvalue weighted by Gasteiger charge is -2.09. The molecule has 0 radical (unpaired) electrons. The molecular weight excluding hydrogens is 416 g/mol. The van der Waals surface area contributed by atoms with Gasteiger partial charge in [0.2, 0.25) is 11.7 Å². The van der Waals surface area contributed by atoms with Crippen molar-refractivity contribution >= 4 is 17.8 Å². The number of methoxy groups -OCH3 is 1. The maximum atomic E-state index is 11.1. The molecule has 0 aliphatic carbocycles. The van der Waals surface area contributed by atoms with Crippen LogP contribution in [0.2, 0.25) is 0 Å². The van der Waals surface area contributed by atoms with Crippen LogP contribution < -0.4 is 9.47 Å². The van der Waals surface area contributed by atoms with Gasteiger partial charge in [-0.3, -0.25) is 10.1 Å². The zero-order chi connectivity index (χ0) is 22.5. The Morgan fingerprint density at radius 3 is 2.66 bits per heavy atom. The van der Waals surface area contributed by atoms with Crippen LogP contribution in [0.15, 0.2) is 57.5 Å². The molecule has 2 aromatic carbocycles. The number of nitrogens with zero attached hydrogens (tertiary/aromatic N) is 4. The molecule has 2 aromatic heterocycles. The van der Waals surface area contributed by atoms with Crippen LogP contribution in [0.4, 0.5) is 5.69 Å². The zero-order valence-electron chi connectivity index (χ0n) is 17.2. The van der Waals surface area contributed by atoms with Crippen molar-refractivity contribution in [1.82, 2.24) is 15.4 Å². The van der Waals surface area contributed by atoms with Crippen LogP contribution in [0.3, 0.4) is 0 Å². The van der Waals surface area contributed by atoms with E-state index in [-0.39, 0.29) is 23.7 Å². The van der Waals surface area contributed by atoms with E-state index in [0.29, 0.717) is 23.3 Å². The summed E-state index contributed by atoms with van der Waals surface area (Å²) in [5.41, 5.74) is 1.60. The van der Waals surface area contributed by atoms with E-state index >= 15 is 0 Å². The molecule has 0 atom stereocenters. The fourth-order valence-corrected chi connectivity index (χ4v) is 2.94. The molecule has 0 aliphatic rings. The molecule has 4 aromatic rings. The molecular formula is C22H18N4O6. The lowest BCUT2D eigenvalue weighted by molar-refractivity contribution is -0.386.